The van der Waals surface area contributed by atoms with Crippen LogP contribution in [0.3, 0.4) is 0 Å². The van der Waals surface area contributed by atoms with Crippen molar-refractivity contribution in [2.75, 3.05) is 36.9 Å². The van der Waals surface area contributed by atoms with E-state index >= 15 is 0 Å². The van der Waals surface area contributed by atoms with Crippen molar-refractivity contribution < 1.29 is 14.3 Å². The maximum atomic E-state index is 12.6. The Kier molecular flexibility index (Phi) is 9.02. The molecule has 0 radical (unpaired) electrons. The summed E-state index contributed by atoms with van der Waals surface area (Å²) in [7, 11) is 0. The number of hydrogen-bond donors (Lipinski definition) is 2. The van der Waals surface area contributed by atoms with Gasteiger partial charge in [0.05, 0.1) is 13.2 Å². The summed E-state index contributed by atoms with van der Waals surface area (Å²) < 4.78 is 5.46. The molecular formula is C23H31N3O3. The molecule has 0 spiro atoms. The summed E-state index contributed by atoms with van der Waals surface area (Å²) in [6.45, 7) is 8.29. The lowest BCUT2D eigenvalue weighted by atomic mass is 10.1. The fourth-order valence-electron chi connectivity index (χ4n) is 2.98. The molecule has 6 heteroatoms. The number of anilines is 2. The SMILES string of the molecule is CCCN(CCC)C(=O)c1ccc(NC(=O)CNc2cccc(OCC)c2)cc1. The van der Waals surface area contributed by atoms with Gasteiger partial charge in [-0.25, -0.2) is 0 Å². The van der Waals surface area contributed by atoms with Gasteiger partial charge in [-0.05, 0) is 56.2 Å². The molecule has 6 nitrogen and oxygen atoms in total. The Balaban J connectivity index is 1.89. The Hall–Kier alpha value is -3.02. The van der Waals surface area contributed by atoms with Gasteiger partial charge < -0.3 is 20.3 Å². The summed E-state index contributed by atoms with van der Waals surface area (Å²) in [6.07, 6.45) is 1.86. The molecule has 2 rings (SSSR count). The molecule has 0 unspecified atom stereocenters. The molecular weight excluding hydrogens is 366 g/mol. The van der Waals surface area contributed by atoms with Crippen molar-refractivity contribution in [2.45, 2.75) is 33.6 Å². The van der Waals surface area contributed by atoms with E-state index in [-0.39, 0.29) is 18.4 Å². The molecule has 0 atom stereocenters. The number of benzene rings is 2. The first-order valence-corrected chi connectivity index (χ1v) is 10.2. The van der Waals surface area contributed by atoms with Gasteiger partial charge in [0.2, 0.25) is 5.91 Å². The number of ether oxygens (including phenoxy) is 1. The smallest absolute Gasteiger partial charge is 0.253 e. The van der Waals surface area contributed by atoms with Crippen LogP contribution in [-0.4, -0.2) is 43.0 Å². The average molecular weight is 398 g/mol. The van der Waals surface area contributed by atoms with Gasteiger partial charge in [-0.15, -0.1) is 0 Å². The summed E-state index contributed by atoms with van der Waals surface area (Å²) >= 11 is 0. The predicted octanol–water partition coefficient (Wildman–Crippen LogP) is 4.40. The number of carbonyl (C=O) groups is 2. The van der Waals surface area contributed by atoms with E-state index in [1.54, 1.807) is 24.3 Å². The molecule has 2 amide bonds. The van der Waals surface area contributed by atoms with Crippen LogP contribution < -0.4 is 15.4 Å². The fraction of sp³-hybridized carbons (Fsp3) is 0.391. The van der Waals surface area contributed by atoms with Crippen LogP contribution in [0, 0.1) is 0 Å². The highest BCUT2D eigenvalue weighted by Crippen LogP contribution is 2.17. The van der Waals surface area contributed by atoms with Crippen LogP contribution in [0.1, 0.15) is 44.0 Å². The first-order chi connectivity index (χ1) is 14.1. The quantitative estimate of drug-likeness (QED) is 0.590. The second kappa shape index (κ2) is 11.7. The molecule has 0 saturated carbocycles. The molecule has 2 aromatic rings. The third-order valence-electron chi connectivity index (χ3n) is 4.29. The standard InChI is InChI=1S/C23H31N3O3/c1-4-14-26(15-5-2)23(28)18-10-12-19(13-11-18)25-22(27)17-24-20-8-7-9-21(16-20)29-6-3/h7-13,16,24H,4-6,14-15,17H2,1-3H3,(H,25,27). The minimum atomic E-state index is -0.163. The molecule has 0 heterocycles. The van der Waals surface area contributed by atoms with Crippen molar-refractivity contribution in [1.29, 1.82) is 0 Å². The largest absolute Gasteiger partial charge is 0.494 e. The molecule has 0 fully saturated rings. The zero-order valence-electron chi connectivity index (χ0n) is 17.5. The first kappa shape index (κ1) is 22.3. The summed E-state index contributed by atoms with van der Waals surface area (Å²) in [5, 5.41) is 5.92. The number of nitrogens with one attached hydrogen (secondary N) is 2. The Morgan fingerprint density at radius 2 is 1.62 bits per heavy atom. The van der Waals surface area contributed by atoms with E-state index in [1.807, 2.05) is 36.1 Å². The fourth-order valence-corrected chi connectivity index (χ4v) is 2.98. The van der Waals surface area contributed by atoms with Crippen molar-refractivity contribution in [3.8, 4) is 5.75 Å². The monoisotopic (exact) mass is 397 g/mol. The lowest BCUT2D eigenvalue weighted by Gasteiger charge is -2.21. The molecule has 0 aromatic heterocycles. The molecule has 156 valence electrons. The Morgan fingerprint density at radius 3 is 2.24 bits per heavy atom. The normalized spacial score (nSPS) is 10.3. The maximum absolute atomic E-state index is 12.6. The lowest BCUT2D eigenvalue weighted by molar-refractivity contribution is -0.114. The Bertz CT molecular complexity index is 784. The van der Waals surface area contributed by atoms with Crippen LogP contribution in [0.5, 0.6) is 5.75 Å². The van der Waals surface area contributed by atoms with E-state index in [9.17, 15) is 9.59 Å². The topological polar surface area (TPSA) is 70.7 Å². The van der Waals surface area contributed by atoms with Gasteiger partial charge in [0.15, 0.2) is 0 Å². The molecule has 0 aliphatic rings. The summed E-state index contributed by atoms with van der Waals surface area (Å²) in [6, 6.07) is 14.5. The van der Waals surface area contributed by atoms with Crippen LogP contribution in [-0.2, 0) is 4.79 Å². The van der Waals surface area contributed by atoms with Crippen molar-refractivity contribution in [1.82, 2.24) is 4.90 Å². The first-order valence-electron chi connectivity index (χ1n) is 10.2. The zero-order chi connectivity index (χ0) is 21.1. The van der Waals surface area contributed by atoms with Gasteiger partial charge in [-0.3, -0.25) is 9.59 Å². The van der Waals surface area contributed by atoms with Crippen LogP contribution in [0.2, 0.25) is 0 Å². The van der Waals surface area contributed by atoms with Gasteiger partial charge in [0.1, 0.15) is 5.75 Å². The van der Waals surface area contributed by atoms with Crippen LogP contribution >= 0.6 is 0 Å². The highest BCUT2D eigenvalue weighted by Gasteiger charge is 2.14. The van der Waals surface area contributed by atoms with E-state index in [0.717, 1.165) is 37.4 Å². The van der Waals surface area contributed by atoms with Crippen molar-refractivity contribution in [3.05, 3.63) is 54.1 Å². The molecule has 2 aromatic carbocycles. The maximum Gasteiger partial charge on any atom is 0.253 e. The third-order valence-corrected chi connectivity index (χ3v) is 4.29. The average Bonchev–Trinajstić information content (AvgIpc) is 2.73. The van der Waals surface area contributed by atoms with Gasteiger partial charge >= 0.3 is 0 Å². The molecule has 0 aliphatic carbocycles. The van der Waals surface area contributed by atoms with E-state index in [2.05, 4.69) is 24.5 Å². The number of rotatable bonds is 11. The van der Waals surface area contributed by atoms with Crippen LogP contribution in [0.25, 0.3) is 0 Å². The Labute approximate surface area is 173 Å². The Morgan fingerprint density at radius 1 is 0.931 bits per heavy atom. The predicted molar refractivity (Wildman–Crippen MR) is 118 cm³/mol. The van der Waals surface area contributed by atoms with Gasteiger partial charge in [0.25, 0.3) is 5.91 Å². The minimum absolute atomic E-state index is 0.0300. The highest BCUT2D eigenvalue weighted by atomic mass is 16.5. The summed E-state index contributed by atoms with van der Waals surface area (Å²) in [4.78, 5) is 26.7. The summed E-state index contributed by atoms with van der Waals surface area (Å²) in [5.74, 6) is 0.630. The van der Waals surface area contributed by atoms with Crippen molar-refractivity contribution in [3.63, 3.8) is 0 Å². The van der Waals surface area contributed by atoms with E-state index in [4.69, 9.17) is 4.74 Å². The highest BCUT2D eigenvalue weighted by molar-refractivity contribution is 5.96. The van der Waals surface area contributed by atoms with Gasteiger partial charge in [-0.2, -0.15) is 0 Å². The van der Waals surface area contributed by atoms with Crippen LogP contribution in [0.4, 0.5) is 11.4 Å². The van der Waals surface area contributed by atoms with E-state index < -0.39 is 0 Å². The van der Waals surface area contributed by atoms with Crippen LogP contribution in [0.15, 0.2) is 48.5 Å². The molecule has 0 saturated heterocycles. The second-order valence-electron chi connectivity index (χ2n) is 6.73. The zero-order valence-corrected chi connectivity index (χ0v) is 17.5. The lowest BCUT2D eigenvalue weighted by Crippen LogP contribution is -2.32. The molecule has 0 bridgehead atoms. The molecule has 0 aliphatic heterocycles. The van der Waals surface area contributed by atoms with E-state index in [0.29, 0.717) is 17.9 Å². The molecule has 2 N–H and O–H groups in total. The third kappa shape index (κ3) is 7.14. The van der Waals surface area contributed by atoms with Crippen molar-refractivity contribution >= 4 is 23.2 Å². The van der Waals surface area contributed by atoms with Gasteiger partial charge in [0, 0.05) is 36.1 Å². The number of amides is 2. The number of carbonyl (C=O) groups excluding carboxylic acids is 2. The summed E-state index contributed by atoms with van der Waals surface area (Å²) in [5.41, 5.74) is 2.11. The number of nitrogens with zero attached hydrogens (tertiary/aromatic N) is 1. The van der Waals surface area contributed by atoms with Gasteiger partial charge in [-0.1, -0.05) is 19.9 Å². The second-order valence-corrected chi connectivity index (χ2v) is 6.73. The molecule has 29 heavy (non-hydrogen) atoms. The number of hydrogen-bond acceptors (Lipinski definition) is 4. The van der Waals surface area contributed by atoms with E-state index in [1.165, 1.54) is 0 Å². The minimum Gasteiger partial charge on any atom is -0.494 e. The van der Waals surface area contributed by atoms with Crippen molar-refractivity contribution in [2.24, 2.45) is 0 Å².